The van der Waals surface area contributed by atoms with Gasteiger partial charge in [0.15, 0.2) is 0 Å². The molecule has 0 radical (unpaired) electrons. The van der Waals surface area contributed by atoms with Crippen molar-refractivity contribution >= 4 is 11.6 Å². The lowest BCUT2D eigenvalue weighted by Crippen LogP contribution is -2.52. The van der Waals surface area contributed by atoms with Gasteiger partial charge in [0.1, 0.15) is 0 Å². The van der Waals surface area contributed by atoms with E-state index >= 15 is 0 Å². The van der Waals surface area contributed by atoms with Crippen molar-refractivity contribution in [3.8, 4) is 17.2 Å². The van der Waals surface area contributed by atoms with Gasteiger partial charge in [-0.1, -0.05) is 36.4 Å². The Morgan fingerprint density at radius 3 is 2.33 bits per heavy atom. The number of aliphatic hydroxyl groups is 1. The molecule has 0 heterocycles. The molecule has 2 rings (SSSR count). The summed E-state index contributed by atoms with van der Waals surface area (Å²) in [4.78, 5) is 11.7. The highest BCUT2D eigenvalue weighted by molar-refractivity contribution is 5.98. The minimum Gasteiger partial charge on any atom is -0.373 e. The number of nitrogens with zero attached hydrogens (tertiary/aromatic N) is 1. The molecule has 0 spiro atoms. The second-order valence-electron chi connectivity index (χ2n) is 5.26. The molecule has 0 saturated carbocycles. The number of nitriles is 1. The van der Waals surface area contributed by atoms with E-state index in [1.165, 1.54) is 18.2 Å². The summed E-state index contributed by atoms with van der Waals surface area (Å²) in [5.41, 5.74) is -2.02. The van der Waals surface area contributed by atoms with Gasteiger partial charge in [-0.05, 0) is 30.2 Å². The molecule has 0 aromatic heterocycles. The highest BCUT2D eigenvalue weighted by atomic mass is 19.4. The summed E-state index contributed by atoms with van der Waals surface area (Å²) in [5.74, 6) is -1.62. The van der Waals surface area contributed by atoms with Gasteiger partial charge in [0.05, 0.1) is 11.6 Å². The molecule has 0 aliphatic rings. The quantitative estimate of drug-likeness (QED) is 0.902. The first-order valence-corrected chi connectivity index (χ1v) is 6.87. The molecular weight excluding hydrogens is 321 g/mol. The summed E-state index contributed by atoms with van der Waals surface area (Å²) in [6.45, 7) is 0.367. The Labute approximate surface area is 136 Å². The van der Waals surface area contributed by atoms with Gasteiger partial charge in [-0.3, -0.25) is 4.79 Å². The first kappa shape index (κ1) is 17.5. The number of hydrogen-bond donors (Lipinski definition) is 2. The Hall–Kier alpha value is -2.85. The van der Waals surface area contributed by atoms with Crippen molar-refractivity contribution in [2.24, 2.45) is 0 Å². The topological polar surface area (TPSA) is 73.1 Å². The van der Waals surface area contributed by atoms with E-state index in [1.807, 2.05) is 17.5 Å². The van der Waals surface area contributed by atoms with Crippen LogP contribution < -0.4 is 5.32 Å². The molecular formula is C17H13F3N2O2. The fraction of sp³-hybridized carbons (Fsp3) is 0.176. The summed E-state index contributed by atoms with van der Waals surface area (Å²) in [6, 6.07) is 15.0. The molecule has 0 aliphatic heterocycles. The Bertz CT molecular complexity index is 794. The number of anilines is 1. The van der Waals surface area contributed by atoms with Crippen molar-refractivity contribution < 1.29 is 23.1 Å². The van der Waals surface area contributed by atoms with Crippen molar-refractivity contribution in [2.45, 2.75) is 18.7 Å². The average Bonchev–Trinajstić information content (AvgIpc) is 2.54. The Morgan fingerprint density at radius 2 is 1.79 bits per heavy atom. The molecule has 1 atom stereocenters. The third-order valence-corrected chi connectivity index (χ3v) is 3.48. The molecule has 124 valence electrons. The molecule has 4 nitrogen and oxygen atoms in total. The van der Waals surface area contributed by atoms with Crippen LogP contribution >= 0.6 is 0 Å². The van der Waals surface area contributed by atoms with E-state index in [2.05, 4.69) is 0 Å². The summed E-state index contributed by atoms with van der Waals surface area (Å²) in [5, 5.41) is 20.6. The lowest BCUT2D eigenvalue weighted by molar-refractivity contribution is -0.242. The normalized spacial score (nSPS) is 13.7. The zero-order valence-corrected chi connectivity index (χ0v) is 12.6. The van der Waals surface area contributed by atoms with E-state index in [-0.39, 0.29) is 11.3 Å². The number of alkyl halides is 3. The first-order valence-electron chi connectivity index (χ1n) is 6.87. The van der Waals surface area contributed by atoms with Crippen LogP contribution in [-0.4, -0.2) is 22.8 Å². The maximum Gasteiger partial charge on any atom is 0.426 e. The standard InChI is InChI=1S/C17H13F3N2O2/c1-16(24,17(18,19)20)15(23)22-13-7-8-14(12(9-13)10-21)11-5-3-2-4-6-11/h2-9,24H,1H3,(H,22,23). The van der Waals surface area contributed by atoms with Gasteiger partial charge in [-0.15, -0.1) is 0 Å². The highest BCUT2D eigenvalue weighted by Gasteiger charge is 2.55. The van der Waals surface area contributed by atoms with Crippen LogP contribution in [0.25, 0.3) is 11.1 Å². The fourth-order valence-corrected chi connectivity index (χ4v) is 1.97. The molecule has 2 N–H and O–H groups in total. The van der Waals surface area contributed by atoms with E-state index in [0.717, 1.165) is 5.56 Å². The predicted octanol–water partition coefficient (Wildman–Crippen LogP) is 3.48. The van der Waals surface area contributed by atoms with Gasteiger partial charge in [-0.25, -0.2) is 0 Å². The number of amides is 1. The lowest BCUT2D eigenvalue weighted by Gasteiger charge is -2.24. The number of carbonyl (C=O) groups is 1. The minimum absolute atomic E-state index is 0.0132. The monoisotopic (exact) mass is 334 g/mol. The van der Waals surface area contributed by atoms with Crippen molar-refractivity contribution in [1.82, 2.24) is 0 Å². The fourth-order valence-electron chi connectivity index (χ4n) is 1.97. The van der Waals surface area contributed by atoms with Crippen LogP contribution in [-0.2, 0) is 4.79 Å². The van der Waals surface area contributed by atoms with Gasteiger partial charge in [0.2, 0.25) is 5.60 Å². The summed E-state index contributed by atoms with van der Waals surface area (Å²) in [6.07, 6.45) is -5.11. The van der Waals surface area contributed by atoms with Gasteiger partial charge in [-0.2, -0.15) is 18.4 Å². The molecule has 0 saturated heterocycles. The summed E-state index contributed by atoms with van der Waals surface area (Å²) < 4.78 is 38.0. The average molecular weight is 334 g/mol. The largest absolute Gasteiger partial charge is 0.426 e. The Kier molecular flexibility index (Phi) is 4.62. The maximum atomic E-state index is 12.7. The summed E-state index contributed by atoms with van der Waals surface area (Å²) >= 11 is 0. The number of benzene rings is 2. The summed E-state index contributed by atoms with van der Waals surface area (Å²) in [7, 11) is 0. The molecule has 2 aromatic rings. The first-order chi connectivity index (χ1) is 11.2. The smallest absolute Gasteiger partial charge is 0.373 e. The predicted molar refractivity (Wildman–Crippen MR) is 81.9 cm³/mol. The van der Waals surface area contributed by atoms with Crippen LogP contribution in [0, 0.1) is 11.3 Å². The van der Waals surface area contributed by atoms with E-state index in [4.69, 9.17) is 0 Å². The van der Waals surface area contributed by atoms with Gasteiger partial charge >= 0.3 is 6.18 Å². The SMILES string of the molecule is CC(O)(C(=O)Nc1ccc(-c2ccccc2)c(C#N)c1)C(F)(F)F. The van der Waals surface area contributed by atoms with E-state index < -0.39 is 17.7 Å². The number of hydrogen-bond acceptors (Lipinski definition) is 3. The van der Waals surface area contributed by atoms with Crippen LogP contribution in [0.1, 0.15) is 12.5 Å². The Balaban J connectivity index is 2.32. The van der Waals surface area contributed by atoms with Crippen molar-refractivity contribution in [3.63, 3.8) is 0 Å². The third kappa shape index (κ3) is 3.39. The zero-order chi connectivity index (χ0) is 18.0. The van der Waals surface area contributed by atoms with Gasteiger partial charge in [0, 0.05) is 5.69 Å². The molecule has 1 unspecified atom stereocenters. The van der Waals surface area contributed by atoms with Gasteiger partial charge < -0.3 is 10.4 Å². The van der Waals surface area contributed by atoms with E-state index in [0.29, 0.717) is 12.5 Å². The van der Waals surface area contributed by atoms with Crippen molar-refractivity contribution in [3.05, 3.63) is 54.1 Å². The van der Waals surface area contributed by atoms with Crippen LogP contribution in [0.2, 0.25) is 0 Å². The number of nitrogens with one attached hydrogen (secondary N) is 1. The molecule has 7 heteroatoms. The van der Waals surface area contributed by atoms with Crippen LogP contribution in [0.4, 0.5) is 18.9 Å². The van der Waals surface area contributed by atoms with Gasteiger partial charge in [0.25, 0.3) is 5.91 Å². The van der Waals surface area contributed by atoms with E-state index in [9.17, 15) is 28.3 Å². The van der Waals surface area contributed by atoms with Crippen LogP contribution in [0.15, 0.2) is 48.5 Å². The highest BCUT2D eigenvalue weighted by Crippen LogP contribution is 2.32. The number of halogens is 3. The maximum absolute atomic E-state index is 12.7. The second-order valence-corrected chi connectivity index (χ2v) is 5.26. The third-order valence-electron chi connectivity index (χ3n) is 3.48. The van der Waals surface area contributed by atoms with Crippen molar-refractivity contribution in [1.29, 1.82) is 5.26 Å². The molecule has 0 aliphatic carbocycles. The molecule has 0 bridgehead atoms. The van der Waals surface area contributed by atoms with E-state index in [1.54, 1.807) is 24.3 Å². The van der Waals surface area contributed by atoms with Crippen LogP contribution in [0.5, 0.6) is 0 Å². The Morgan fingerprint density at radius 1 is 1.17 bits per heavy atom. The zero-order valence-electron chi connectivity index (χ0n) is 12.6. The molecule has 1 amide bonds. The van der Waals surface area contributed by atoms with Crippen molar-refractivity contribution in [2.75, 3.05) is 5.32 Å². The van der Waals surface area contributed by atoms with Crippen LogP contribution in [0.3, 0.4) is 0 Å². The molecule has 24 heavy (non-hydrogen) atoms. The number of carbonyl (C=O) groups excluding carboxylic acids is 1. The lowest BCUT2D eigenvalue weighted by atomic mass is 9.99. The molecule has 2 aromatic carbocycles. The second kappa shape index (κ2) is 6.34. The molecule has 0 fully saturated rings. The minimum atomic E-state index is -5.11. The number of rotatable bonds is 3.